The summed E-state index contributed by atoms with van der Waals surface area (Å²) in [4.78, 5) is 14.7. The van der Waals surface area contributed by atoms with Crippen molar-refractivity contribution in [2.75, 3.05) is 20.2 Å². The molecule has 1 heterocycles. The molecule has 0 aromatic rings. The molecule has 0 amide bonds. The molecule has 1 fully saturated rings. The van der Waals surface area contributed by atoms with Crippen molar-refractivity contribution in [1.82, 2.24) is 10.2 Å². The highest BCUT2D eigenvalue weighted by Gasteiger charge is 2.34. The first-order valence-corrected chi connectivity index (χ1v) is 8.57. The van der Waals surface area contributed by atoms with E-state index in [0.29, 0.717) is 6.04 Å². The van der Waals surface area contributed by atoms with Gasteiger partial charge in [-0.05, 0) is 65.5 Å². The van der Waals surface area contributed by atoms with E-state index in [1.54, 1.807) is 0 Å². The summed E-state index contributed by atoms with van der Waals surface area (Å²) in [7, 11) is 1.48. The number of likely N-dealkylation sites (tertiary alicyclic amines) is 1. The Kier molecular flexibility index (Phi) is 7.67. The fourth-order valence-electron chi connectivity index (χ4n) is 3.47. The SMILES string of the molecule is CCCNC(C)(CCCN1C(C)CCC1CC)C(=O)OC. The number of methoxy groups -OCH3 is 1. The standard InChI is InChI=1S/C17H34N2O2/c1-6-12-18-17(4,16(20)21-5)11-8-13-19-14(3)9-10-15(19)7-2/h14-15,18H,6-13H2,1-5H3. The van der Waals surface area contributed by atoms with Crippen LogP contribution in [0.5, 0.6) is 0 Å². The van der Waals surface area contributed by atoms with Crippen molar-refractivity contribution < 1.29 is 9.53 Å². The monoisotopic (exact) mass is 298 g/mol. The highest BCUT2D eigenvalue weighted by Crippen LogP contribution is 2.27. The summed E-state index contributed by atoms with van der Waals surface area (Å²) in [6.07, 6.45) is 6.74. The molecule has 1 aliphatic heterocycles. The van der Waals surface area contributed by atoms with Gasteiger partial charge in [0.05, 0.1) is 7.11 Å². The summed E-state index contributed by atoms with van der Waals surface area (Å²) in [6, 6.07) is 1.41. The number of ether oxygens (including phenoxy) is 1. The zero-order chi connectivity index (χ0) is 15.9. The predicted molar refractivity (Wildman–Crippen MR) is 87.4 cm³/mol. The first kappa shape index (κ1) is 18.4. The molecule has 0 aromatic heterocycles. The molecule has 3 atom stereocenters. The summed E-state index contributed by atoms with van der Waals surface area (Å²) >= 11 is 0. The third kappa shape index (κ3) is 4.96. The number of rotatable bonds is 9. The van der Waals surface area contributed by atoms with Gasteiger partial charge in [-0.1, -0.05) is 13.8 Å². The van der Waals surface area contributed by atoms with Crippen molar-refractivity contribution in [3.63, 3.8) is 0 Å². The van der Waals surface area contributed by atoms with E-state index in [-0.39, 0.29) is 5.97 Å². The topological polar surface area (TPSA) is 41.6 Å². The van der Waals surface area contributed by atoms with Crippen LogP contribution >= 0.6 is 0 Å². The molecule has 1 N–H and O–H groups in total. The highest BCUT2D eigenvalue weighted by atomic mass is 16.5. The third-order valence-electron chi connectivity index (χ3n) is 4.92. The lowest BCUT2D eigenvalue weighted by atomic mass is 9.95. The summed E-state index contributed by atoms with van der Waals surface area (Å²) in [5, 5.41) is 3.37. The van der Waals surface area contributed by atoms with Crippen molar-refractivity contribution in [3.8, 4) is 0 Å². The minimum absolute atomic E-state index is 0.141. The molecule has 1 aliphatic rings. The smallest absolute Gasteiger partial charge is 0.325 e. The quantitative estimate of drug-likeness (QED) is 0.665. The largest absolute Gasteiger partial charge is 0.468 e. The van der Waals surface area contributed by atoms with Gasteiger partial charge in [0.25, 0.3) is 0 Å². The molecule has 0 bridgehead atoms. The summed E-state index contributed by atoms with van der Waals surface area (Å²) < 4.78 is 4.98. The number of hydrogen-bond donors (Lipinski definition) is 1. The second-order valence-corrected chi connectivity index (χ2v) is 6.58. The van der Waals surface area contributed by atoms with Gasteiger partial charge in [0, 0.05) is 12.1 Å². The van der Waals surface area contributed by atoms with E-state index in [4.69, 9.17) is 4.74 Å². The molecule has 0 saturated carbocycles. The highest BCUT2D eigenvalue weighted by molar-refractivity contribution is 5.80. The lowest BCUT2D eigenvalue weighted by Crippen LogP contribution is -2.51. The number of hydrogen-bond acceptors (Lipinski definition) is 4. The molecule has 0 spiro atoms. The van der Waals surface area contributed by atoms with Crippen molar-refractivity contribution in [1.29, 1.82) is 0 Å². The number of nitrogens with one attached hydrogen (secondary N) is 1. The van der Waals surface area contributed by atoms with Gasteiger partial charge >= 0.3 is 5.97 Å². The van der Waals surface area contributed by atoms with Crippen LogP contribution in [0.3, 0.4) is 0 Å². The molecule has 1 rings (SSSR count). The van der Waals surface area contributed by atoms with E-state index in [1.165, 1.54) is 26.4 Å². The Morgan fingerprint density at radius 2 is 2.10 bits per heavy atom. The Morgan fingerprint density at radius 1 is 1.38 bits per heavy atom. The maximum atomic E-state index is 12.1. The van der Waals surface area contributed by atoms with Crippen LogP contribution in [0.15, 0.2) is 0 Å². The molecule has 0 radical (unpaired) electrons. The molecule has 4 heteroatoms. The number of nitrogens with zero attached hydrogens (tertiary/aromatic N) is 1. The Labute approximate surface area is 130 Å². The molecular weight excluding hydrogens is 264 g/mol. The first-order chi connectivity index (χ1) is 9.98. The Hall–Kier alpha value is -0.610. The van der Waals surface area contributed by atoms with Crippen LogP contribution in [0.25, 0.3) is 0 Å². The molecule has 21 heavy (non-hydrogen) atoms. The van der Waals surface area contributed by atoms with Crippen LogP contribution in [-0.2, 0) is 9.53 Å². The van der Waals surface area contributed by atoms with Gasteiger partial charge < -0.3 is 10.1 Å². The Bertz CT molecular complexity index is 322. The maximum absolute atomic E-state index is 12.1. The third-order valence-corrected chi connectivity index (χ3v) is 4.92. The average Bonchev–Trinajstić information content (AvgIpc) is 2.84. The maximum Gasteiger partial charge on any atom is 0.325 e. The van der Waals surface area contributed by atoms with Gasteiger partial charge in [-0.25, -0.2) is 0 Å². The van der Waals surface area contributed by atoms with Crippen LogP contribution in [-0.4, -0.2) is 48.7 Å². The Morgan fingerprint density at radius 3 is 2.67 bits per heavy atom. The molecule has 124 valence electrons. The van der Waals surface area contributed by atoms with E-state index in [9.17, 15) is 4.79 Å². The van der Waals surface area contributed by atoms with Crippen LogP contribution in [0.1, 0.15) is 66.2 Å². The minimum Gasteiger partial charge on any atom is -0.468 e. The molecule has 4 nitrogen and oxygen atoms in total. The van der Waals surface area contributed by atoms with Crippen molar-refractivity contribution in [3.05, 3.63) is 0 Å². The lowest BCUT2D eigenvalue weighted by Gasteiger charge is -2.31. The predicted octanol–water partition coefficient (Wildman–Crippen LogP) is 2.96. The summed E-state index contributed by atoms with van der Waals surface area (Å²) in [5.74, 6) is -0.141. The molecule has 0 aromatic carbocycles. The van der Waals surface area contributed by atoms with Gasteiger partial charge in [-0.3, -0.25) is 9.69 Å². The lowest BCUT2D eigenvalue weighted by molar-refractivity contribution is -0.148. The van der Waals surface area contributed by atoms with Gasteiger partial charge in [0.2, 0.25) is 0 Å². The second kappa shape index (κ2) is 8.74. The van der Waals surface area contributed by atoms with E-state index < -0.39 is 5.54 Å². The number of carbonyl (C=O) groups is 1. The molecule has 1 saturated heterocycles. The molecule has 3 unspecified atom stereocenters. The van der Waals surface area contributed by atoms with E-state index in [2.05, 4.69) is 31.0 Å². The van der Waals surface area contributed by atoms with Gasteiger partial charge in [-0.2, -0.15) is 0 Å². The zero-order valence-corrected chi connectivity index (χ0v) is 14.6. The Balaban J connectivity index is 2.51. The van der Waals surface area contributed by atoms with Crippen LogP contribution < -0.4 is 5.32 Å². The van der Waals surface area contributed by atoms with Gasteiger partial charge in [-0.15, -0.1) is 0 Å². The van der Waals surface area contributed by atoms with E-state index in [1.807, 2.05) is 6.92 Å². The fourth-order valence-corrected chi connectivity index (χ4v) is 3.47. The van der Waals surface area contributed by atoms with E-state index >= 15 is 0 Å². The van der Waals surface area contributed by atoms with Gasteiger partial charge in [0.15, 0.2) is 0 Å². The van der Waals surface area contributed by atoms with E-state index in [0.717, 1.165) is 38.4 Å². The molecular formula is C17H34N2O2. The van der Waals surface area contributed by atoms with Crippen LogP contribution in [0, 0.1) is 0 Å². The van der Waals surface area contributed by atoms with Crippen LogP contribution in [0.2, 0.25) is 0 Å². The number of esters is 1. The summed E-state index contributed by atoms with van der Waals surface area (Å²) in [6.45, 7) is 10.6. The number of carbonyl (C=O) groups excluding carboxylic acids is 1. The summed E-state index contributed by atoms with van der Waals surface area (Å²) in [5.41, 5.74) is -0.546. The van der Waals surface area contributed by atoms with Crippen molar-refractivity contribution in [2.24, 2.45) is 0 Å². The van der Waals surface area contributed by atoms with Crippen LogP contribution in [0.4, 0.5) is 0 Å². The average molecular weight is 298 g/mol. The van der Waals surface area contributed by atoms with Gasteiger partial charge in [0.1, 0.15) is 5.54 Å². The normalized spacial score (nSPS) is 25.8. The first-order valence-electron chi connectivity index (χ1n) is 8.57. The van der Waals surface area contributed by atoms with Crippen molar-refractivity contribution >= 4 is 5.97 Å². The van der Waals surface area contributed by atoms with Crippen molar-refractivity contribution in [2.45, 2.75) is 83.8 Å². The zero-order valence-electron chi connectivity index (χ0n) is 14.6. The second-order valence-electron chi connectivity index (χ2n) is 6.58. The minimum atomic E-state index is -0.546. The molecule has 0 aliphatic carbocycles. The fraction of sp³-hybridized carbons (Fsp3) is 0.941.